The van der Waals surface area contributed by atoms with Crippen molar-refractivity contribution < 1.29 is 27.4 Å². The summed E-state index contributed by atoms with van der Waals surface area (Å²) in [5, 5.41) is 20.9. The van der Waals surface area contributed by atoms with Gasteiger partial charge >= 0.3 is 12.3 Å². The number of benzene rings is 1. The van der Waals surface area contributed by atoms with E-state index in [-0.39, 0.29) is 24.3 Å². The summed E-state index contributed by atoms with van der Waals surface area (Å²) in [5.41, 5.74) is 0.0162. The Morgan fingerprint density at radius 3 is 2.53 bits per heavy atom. The van der Waals surface area contributed by atoms with Gasteiger partial charge in [-0.3, -0.25) is 0 Å². The number of nitrogens with one attached hydrogen (secondary N) is 1. The maximum atomic E-state index is 13.1. The number of nitrogens with zero attached hydrogens (tertiary/aromatic N) is 4. The lowest BCUT2D eigenvalue weighted by Crippen LogP contribution is -2.52. The number of rotatable bonds is 5. The van der Waals surface area contributed by atoms with Crippen LogP contribution in [-0.4, -0.2) is 52.5 Å². The first kappa shape index (κ1) is 27.0. The number of hydrogen-bond donors (Lipinski definition) is 1. The number of nitriles is 1. The Bertz CT molecular complexity index is 1140. The van der Waals surface area contributed by atoms with Gasteiger partial charge in [0.05, 0.1) is 30.9 Å². The van der Waals surface area contributed by atoms with Crippen molar-refractivity contribution in [2.45, 2.75) is 70.8 Å². The van der Waals surface area contributed by atoms with Gasteiger partial charge in [-0.15, -0.1) is 10.2 Å². The van der Waals surface area contributed by atoms with Gasteiger partial charge in [0.15, 0.2) is 0 Å². The molecule has 1 unspecified atom stereocenters. The van der Waals surface area contributed by atoms with Gasteiger partial charge in [0.1, 0.15) is 17.2 Å². The standard InChI is InChI=1S/C25H30F3N5O3/c1-15-12-21(31-32-22(15)19-9-6-16(25(26,27)28)13-20(19)35-5)30-17-7-8-18(10-11-29)33(14-17)23(34)36-24(2,3)4/h6,9,12-13,17-18H,7-8,10,14H2,1-5H3,(H,30,31)/t17-,18?/m1/s1. The molecular formula is C25H30F3N5O3. The molecule has 1 aromatic heterocycles. The van der Waals surface area contributed by atoms with Gasteiger partial charge in [-0.25, -0.2) is 4.79 Å². The number of halogens is 3. The van der Waals surface area contributed by atoms with Crippen molar-refractivity contribution in [2.24, 2.45) is 0 Å². The van der Waals surface area contributed by atoms with E-state index >= 15 is 0 Å². The number of likely N-dealkylation sites (tertiary alicyclic amines) is 1. The summed E-state index contributed by atoms with van der Waals surface area (Å²) in [5.74, 6) is 0.516. The molecule has 1 saturated heterocycles. The molecule has 1 amide bonds. The van der Waals surface area contributed by atoms with Gasteiger partial charge < -0.3 is 19.7 Å². The molecule has 0 aliphatic carbocycles. The van der Waals surface area contributed by atoms with E-state index in [9.17, 15) is 18.0 Å². The molecule has 1 aromatic carbocycles. The third-order valence-electron chi connectivity index (χ3n) is 5.78. The molecule has 1 fully saturated rings. The van der Waals surface area contributed by atoms with Crippen molar-refractivity contribution in [3.05, 3.63) is 35.4 Å². The zero-order valence-corrected chi connectivity index (χ0v) is 20.9. The highest BCUT2D eigenvalue weighted by Crippen LogP contribution is 2.37. The summed E-state index contributed by atoms with van der Waals surface area (Å²) in [6.45, 7) is 7.47. The van der Waals surface area contributed by atoms with Crippen molar-refractivity contribution in [3.8, 4) is 23.1 Å². The SMILES string of the molecule is COc1cc(C(F)(F)F)ccc1-c1nnc(N[C@@H]2CCC(CC#N)N(C(=O)OC(C)(C)C)C2)cc1C. The van der Waals surface area contributed by atoms with Crippen LogP contribution < -0.4 is 10.1 Å². The zero-order valence-electron chi connectivity index (χ0n) is 20.9. The topological polar surface area (TPSA) is 100 Å². The van der Waals surface area contributed by atoms with Crippen LogP contribution in [0, 0.1) is 18.3 Å². The molecule has 3 rings (SSSR count). The lowest BCUT2D eigenvalue weighted by molar-refractivity contribution is -0.137. The van der Waals surface area contributed by atoms with Crippen molar-refractivity contribution in [2.75, 3.05) is 19.0 Å². The largest absolute Gasteiger partial charge is 0.496 e. The number of piperidine rings is 1. The molecule has 1 N–H and O–H groups in total. The lowest BCUT2D eigenvalue weighted by Gasteiger charge is -2.39. The summed E-state index contributed by atoms with van der Waals surface area (Å²) < 4.78 is 49.9. The summed E-state index contributed by atoms with van der Waals surface area (Å²) in [4.78, 5) is 14.3. The van der Waals surface area contributed by atoms with E-state index in [1.807, 2.05) is 0 Å². The minimum absolute atomic E-state index is 0.0479. The fraction of sp³-hybridized carbons (Fsp3) is 0.520. The van der Waals surface area contributed by atoms with E-state index in [4.69, 9.17) is 14.7 Å². The zero-order chi connectivity index (χ0) is 26.7. The van der Waals surface area contributed by atoms with Gasteiger partial charge in [-0.05, 0) is 70.4 Å². The summed E-state index contributed by atoms with van der Waals surface area (Å²) in [6.07, 6.45) is -3.41. The van der Waals surface area contributed by atoms with Crippen LogP contribution >= 0.6 is 0 Å². The number of anilines is 1. The molecule has 0 saturated carbocycles. The van der Waals surface area contributed by atoms with Crippen LogP contribution in [0.5, 0.6) is 5.75 Å². The minimum atomic E-state index is -4.49. The van der Waals surface area contributed by atoms with Crippen LogP contribution in [-0.2, 0) is 10.9 Å². The molecule has 2 aromatic rings. The van der Waals surface area contributed by atoms with E-state index in [1.54, 1.807) is 38.7 Å². The number of aryl methyl sites for hydroxylation is 1. The van der Waals surface area contributed by atoms with Crippen LogP contribution in [0.2, 0.25) is 0 Å². The summed E-state index contributed by atoms with van der Waals surface area (Å²) in [6, 6.07) is 6.75. The van der Waals surface area contributed by atoms with E-state index < -0.39 is 23.4 Å². The average molecular weight is 506 g/mol. The first-order valence-corrected chi connectivity index (χ1v) is 11.6. The Balaban J connectivity index is 1.78. The van der Waals surface area contributed by atoms with E-state index in [1.165, 1.54) is 13.2 Å². The highest BCUT2D eigenvalue weighted by Gasteiger charge is 2.35. The van der Waals surface area contributed by atoms with Gasteiger partial charge in [0.2, 0.25) is 0 Å². The minimum Gasteiger partial charge on any atom is -0.496 e. The quantitative estimate of drug-likeness (QED) is 0.567. The summed E-state index contributed by atoms with van der Waals surface area (Å²) in [7, 11) is 1.30. The van der Waals surface area contributed by atoms with Crippen molar-refractivity contribution in [1.82, 2.24) is 15.1 Å². The second kappa shape index (κ2) is 10.6. The Labute approximate surface area is 208 Å². The molecular weight excluding hydrogens is 475 g/mol. The molecule has 194 valence electrons. The van der Waals surface area contributed by atoms with E-state index in [0.717, 1.165) is 12.1 Å². The van der Waals surface area contributed by atoms with E-state index in [2.05, 4.69) is 21.6 Å². The summed E-state index contributed by atoms with van der Waals surface area (Å²) >= 11 is 0. The Morgan fingerprint density at radius 2 is 1.94 bits per heavy atom. The molecule has 2 heterocycles. The Hall–Kier alpha value is -3.55. The molecule has 0 radical (unpaired) electrons. The maximum Gasteiger partial charge on any atom is 0.416 e. The normalized spacial score (nSPS) is 18.4. The van der Waals surface area contributed by atoms with Crippen LogP contribution in [0.25, 0.3) is 11.3 Å². The molecule has 0 bridgehead atoms. The van der Waals surface area contributed by atoms with E-state index in [0.29, 0.717) is 42.0 Å². The average Bonchev–Trinajstić information content (AvgIpc) is 2.78. The fourth-order valence-electron chi connectivity index (χ4n) is 4.10. The van der Waals surface area contributed by atoms with Crippen LogP contribution in [0.3, 0.4) is 0 Å². The number of alkyl halides is 3. The van der Waals surface area contributed by atoms with Crippen molar-refractivity contribution in [1.29, 1.82) is 5.26 Å². The van der Waals surface area contributed by atoms with Gasteiger partial charge in [-0.2, -0.15) is 18.4 Å². The number of carbonyl (C=O) groups excluding carboxylic acids is 1. The molecule has 8 nitrogen and oxygen atoms in total. The lowest BCUT2D eigenvalue weighted by atomic mass is 9.96. The van der Waals surface area contributed by atoms with Gasteiger partial charge in [0, 0.05) is 24.2 Å². The number of methoxy groups -OCH3 is 1. The third-order valence-corrected chi connectivity index (χ3v) is 5.78. The number of carbonyl (C=O) groups is 1. The van der Waals surface area contributed by atoms with Crippen LogP contribution in [0.1, 0.15) is 51.2 Å². The number of hydrogen-bond acceptors (Lipinski definition) is 7. The fourth-order valence-corrected chi connectivity index (χ4v) is 4.10. The molecule has 2 atom stereocenters. The predicted molar refractivity (Wildman–Crippen MR) is 127 cm³/mol. The molecule has 1 aliphatic rings. The van der Waals surface area contributed by atoms with Crippen molar-refractivity contribution in [3.63, 3.8) is 0 Å². The first-order valence-electron chi connectivity index (χ1n) is 11.6. The smallest absolute Gasteiger partial charge is 0.416 e. The monoisotopic (exact) mass is 505 g/mol. The Kier molecular flexibility index (Phi) is 7.96. The molecule has 36 heavy (non-hydrogen) atoms. The number of ether oxygens (including phenoxy) is 2. The van der Waals surface area contributed by atoms with Crippen LogP contribution in [0.15, 0.2) is 24.3 Å². The molecule has 11 heteroatoms. The number of amides is 1. The third kappa shape index (κ3) is 6.56. The molecule has 0 spiro atoms. The van der Waals surface area contributed by atoms with Gasteiger partial charge in [-0.1, -0.05) is 0 Å². The van der Waals surface area contributed by atoms with Gasteiger partial charge in [0.25, 0.3) is 0 Å². The predicted octanol–water partition coefficient (Wildman–Crippen LogP) is 5.57. The Morgan fingerprint density at radius 1 is 1.22 bits per heavy atom. The maximum absolute atomic E-state index is 13.1. The highest BCUT2D eigenvalue weighted by molar-refractivity contribution is 5.71. The highest BCUT2D eigenvalue weighted by atomic mass is 19.4. The molecule has 1 aliphatic heterocycles. The number of aromatic nitrogens is 2. The van der Waals surface area contributed by atoms with Crippen LogP contribution in [0.4, 0.5) is 23.8 Å². The first-order chi connectivity index (χ1) is 16.8. The van der Waals surface area contributed by atoms with Crippen molar-refractivity contribution >= 4 is 11.9 Å². The second-order valence-corrected chi connectivity index (χ2v) is 9.74. The second-order valence-electron chi connectivity index (χ2n) is 9.74.